The zero-order valence-corrected chi connectivity index (χ0v) is 11.6. The fourth-order valence-electron chi connectivity index (χ4n) is 1.40. The Morgan fingerprint density at radius 2 is 1.74 bits per heavy atom. The number of benzene rings is 1. The molecule has 0 aliphatic carbocycles. The second kappa shape index (κ2) is 5.68. The molecule has 0 bridgehead atoms. The third-order valence-electron chi connectivity index (χ3n) is 2.05. The van der Waals surface area contributed by atoms with E-state index in [2.05, 4.69) is 0 Å². The number of aliphatic carboxylic acids is 1. The largest absolute Gasteiger partial charge is 0.480 e. The summed E-state index contributed by atoms with van der Waals surface area (Å²) >= 11 is 0. The van der Waals surface area contributed by atoms with E-state index in [9.17, 15) is 21.6 Å². The highest BCUT2D eigenvalue weighted by atomic mass is 32.3. The number of carboxylic acid groups (broad SMARTS) is 1. The van der Waals surface area contributed by atoms with Crippen LogP contribution in [0.4, 0.5) is 0 Å². The highest BCUT2D eigenvalue weighted by molar-refractivity contribution is 8.06. The van der Waals surface area contributed by atoms with Crippen LogP contribution in [0.1, 0.15) is 11.6 Å². The van der Waals surface area contributed by atoms with Gasteiger partial charge in [-0.25, -0.2) is 16.8 Å². The molecule has 0 saturated carbocycles. The maximum atomic E-state index is 11.6. The van der Waals surface area contributed by atoms with Crippen molar-refractivity contribution in [3.63, 3.8) is 0 Å². The van der Waals surface area contributed by atoms with Crippen LogP contribution in [0, 0.1) is 0 Å². The molecule has 1 rings (SSSR count). The first-order valence-electron chi connectivity index (χ1n) is 5.06. The van der Waals surface area contributed by atoms with E-state index in [0.717, 1.165) is 6.26 Å². The highest BCUT2D eigenvalue weighted by Crippen LogP contribution is 2.14. The normalized spacial score (nSPS) is 13.9. The maximum absolute atomic E-state index is 11.6. The second-order valence-electron chi connectivity index (χ2n) is 3.96. The number of sulfone groups is 1. The molecule has 0 aliphatic rings. The van der Waals surface area contributed by atoms with Gasteiger partial charge in [-0.05, 0) is 5.56 Å². The Balaban J connectivity index is 3.02. The fourth-order valence-corrected chi connectivity index (χ4v) is 4.52. The average molecular weight is 307 g/mol. The summed E-state index contributed by atoms with van der Waals surface area (Å²) in [5, 5.41) is 7.86. The molecule has 0 fully saturated rings. The average Bonchev–Trinajstić information content (AvgIpc) is 2.23. The number of nitrogens with one attached hydrogen (secondary N) is 1. The smallest absolute Gasteiger partial charge is 0.326 e. The molecule has 106 valence electrons. The van der Waals surface area contributed by atoms with Gasteiger partial charge in [-0.3, -0.25) is 4.79 Å². The number of carbonyl (C=O) groups is 1. The van der Waals surface area contributed by atoms with Gasteiger partial charge in [0.25, 0.3) is 0 Å². The molecule has 9 heteroatoms. The van der Waals surface area contributed by atoms with Crippen molar-refractivity contribution in [1.29, 1.82) is 0 Å². The zero-order valence-electron chi connectivity index (χ0n) is 9.98. The second-order valence-corrected chi connectivity index (χ2v) is 8.22. The molecule has 1 unspecified atom stereocenters. The number of hydrogen-bond acceptors (Lipinski definition) is 5. The summed E-state index contributed by atoms with van der Waals surface area (Å²) in [5.41, 5.74) is 0.215. The van der Waals surface area contributed by atoms with Crippen molar-refractivity contribution in [3.05, 3.63) is 35.9 Å². The van der Waals surface area contributed by atoms with E-state index in [0.29, 0.717) is 0 Å². The van der Waals surface area contributed by atoms with Crippen LogP contribution in [0.2, 0.25) is 0 Å². The summed E-state index contributed by atoms with van der Waals surface area (Å²) in [6.07, 6.45) is 0.754. The van der Waals surface area contributed by atoms with Crippen molar-refractivity contribution in [2.24, 2.45) is 0 Å². The Morgan fingerprint density at radius 3 is 2.16 bits per heavy atom. The number of rotatable bonds is 6. The summed E-state index contributed by atoms with van der Waals surface area (Å²) in [7, 11) is -8.03. The minimum absolute atomic E-state index is 0.215. The van der Waals surface area contributed by atoms with E-state index >= 15 is 0 Å². The number of hydrogen-bond donors (Lipinski definition) is 2. The van der Waals surface area contributed by atoms with E-state index in [4.69, 9.17) is 5.11 Å². The van der Waals surface area contributed by atoms with E-state index in [1.54, 1.807) is 18.2 Å². The lowest BCUT2D eigenvalue weighted by atomic mass is 10.1. The maximum Gasteiger partial charge on any atom is 0.326 e. The first kappa shape index (κ1) is 15.6. The molecular formula is C10H13NO6S2. The van der Waals surface area contributed by atoms with Crippen molar-refractivity contribution in [3.8, 4) is 0 Å². The Hall–Kier alpha value is -1.45. The molecule has 19 heavy (non-hydrogen) atoms. The minimum atomic E-state index is -4.25. The zero-order chi connectivity index (χ0) is 14.7. The van der Waals surface area contributed by atoms with Gasteiger partial charge in [0.1, 0.15) is 6.04 Å². The van der Waals surface area contributed by atoms with Gasteiger partial charge in [-0.15, -0.1) is 0 Å². The van der Waals surface area contributed by atoms with Crippen LogP contribution in [0.15, 0.2) is 30.3 Å². The summed E-state index contributed by atoms with van der Waals surface area (Å²) in [6, 6.07) is 6.09. The topological polar surface area (TPSA) is 118 Å². The predicted molar refractivity (Wildman–Crippen MR) is 68.6 cm³/mol. The van der Waals surface area contributed by atoms with E-state index in [-0.39, 0.29) is 5.56 Å². The Bertz CT molecular complexity index is 651. The summed E-state index contributed by atoms with van der Waals surface area (Å²) < 4.78 is 47.0. The van der Waals surface area contributed by atoms with E-state index < -0.39 is 37.0 Å². The molecule has 0 saturated heterocycles. The van der Waals surface area contributed by atoms with Gasteiger partial charge < -0.3 is 5.11 Å². The van der Waals surface area contributed by atoms with Gasteiger partial charge in [0.15, 0.2) is 14.9 Å². The molecule has 0 spiro atoms. The molecule has 0 amide bonds. The Kier molecular flexibility index (Phi) is 4.66. The van der Waals surface area contributed by atoms with Crippen molar-refractivity contribution < 1.29 is 26.7 Å². The Morgan fingerprint density at radius 1 is 1.21 bits per heavy atom. The first-order valence-corrected chi connectivity index (χ1v) is 8.77. The summed E-state index contributed by atoms with van der Waals surface area (Å²) in [5.74, 6) is -1.41. The minimum Gasteiger partial charge on any atom is -0.480 e. The van der Waals surface area contributed by atoms with Crippen LogP contribution < -0.4 is 4.72 Å². The monoisotopic (exact) mass is 307 g/mol. The first-order chi connectivity index (χ1) is 8.61. The molecule has 1 aromatic rings. The number of carboxylic acids is 1. The fraction of sp³-hybridized carbons (Fsp3) is 0.300. The SMILES string of the molecule is CS(=O)(=O)CS(=O)(=O)NC(C(=O)O)c1ccccc1. The lowest BCUT2D eigenvalue weighted by Crippen LogP contribution is -2.36. The van der Waals surface area contributed by atoms with Crippen LogP contribution in [-0.2, 0) is 24.7 Å². The molecule has 1 atom stereocenters. The van der Waals surface area contributed by atoms with Crippen molar-refractivity contribution in [2.75, 3.05) is 11.3 Å². The molecular weight excluding hydrogens is 294 g/mol. The van der Waals surface area contributed by atoms with Gasteiger partial charge in [0.05, 0.1) is 0 Å². The van der Waals surface area contributed by atoms with Crippen LogP contribution in [0.3, 0.4) is 0 Å². The molecule has 0 heterocycles. The van der Waals surface area contributed by atoms with Crippen molar-refractivity contribution in [1.82, 2.24) is 4.72 Å². The van der Waals surface area contributed by atoms with Crippen LogP contribution in [0.25, 0.3) is 0 Å². The van der Waals surface area contributed by atoms with Gasteiger partial charge in [0.2, 0.25) is 10.0 Å². The van der Waals surface area contributed by atoms with Crippen molar-refractivity contribution in [2.45, 2.75) is 6.04 Å². The molecule has 0 radical (unpaired) electrons. The quantitative estimate of drug-likeness (QED) is 0.747. The predicted octanol–water partition coefficient (Wildman–Crippen LogP) is -0.266. The van der Waals surface area contributed by atoms with E-state index in [1.165, 1.54) is 12.1 Å². The van der Waals surface area contributed by atoms with Gasteiger partial charge in [-0.1, -0.05) is 30.3 Å². The van der Waals surface area contributed by atoms with E-state index in [1.807, 2.05) is 4.72 Å². The molecule has 1 aromatic carbocycles. The lowest BCUT2D eigenvalue weighted by Gasteiger charge is -2.14. The van der Waals surface area contributed by atoms with Crippen LogP contribution >= 0.6 is 0 Å². The highest BCUT2D eigenvalue weighted by Gasteiger charge is 2.27. The van der Waals surface area contributed by atoms with Crippen LogP contribution in [0.5, 0.6) is 0 Å². The molecule has 2 N–H and O–H groups in total. The third-order valence-corrected chi connectivity index (χ3v) is 5.60. The Labute approximate surface area is 111 Å². The van der Waals surface area contributed by atoms with Crippen LogP contribution in [-0.4, -0.2) is 39.3 Å². The van der Waals surface area contributed by atoms with Gasteiger partial charge in [-0.2, -0.15) is 4.72 Å². The summed E-state index contributed by atoms with van der Waals surface area (Å²) in [4.78, 5) is 11.1. The molecule has 7 nitrogen and oxygen atoms in total. The molecule has 0 aromatic heterocycles. The third kappa shape index (κ3) is 5.37. The van der Waals surface area contributed by atoms with Gasteiger partial charge in [0, 0.05) is 6.26 Å². The summed E-state index contributed by atoms with van der Waals surface area (Å²) in [6.45, 7) is 0. The standard InChI is InChI=1S/C10H13NO6S2/c1-18(14,15)7-19(16,17)11-9(10(12)13)8-5-3-2-4-6-8/h2-6,9,11H,7H2,1H3,(H,12,13). The number of sulfonamides is 1. The van der Waals surface area contributed by atoms with Crippen molar-refractivity contribution >= 4 is 25.8 Å². The lowest BCUT2D eigenvalue weighted by molar-refractivity contribution is -0.139. The van der Waals surface area contributed by atoms with Gasteiger partial charge >= 0.3 is 5.97 Å². The molecule has 0 aliphatic heterocycles.